The van der Waals surface area contributed by atoms with Crippen LogP contribution in [0.3, 0.4) is 0 Å². The lowest BCUT2D eigenvalue weighted by molar-refractivity contribution is 0.0727. The minimum atomic E-state index is -3.56. The van der Waals surface area contributed by atoms with Gasteiger partial charge < -0.3 is 4.74 Å². The molecule has 0 atom stereocenters. The van der Waals surface area contributed by atoms with E-state index in [1.54, 1.807) is 24.3 Å². The maximum absolute atomic E-state index is 11.9. The van der Waals surface area contributed by atoms with Crippen LogP contribution in [0.15, 0.2) is 30.3 Å². The fourth-order valence-electron chi connectivity index (χ4n) is 1.46. The molecule has 1 aromatic rings. The standard InChI is InChI=1S/C10H13N2O3S/c13-16(14,12-6-8-15-9-7-12)11-10-4-2-1-3-5-10/h1-5H,6-9H2. The lowest BCUT2D eigenvalue weighted by atomic mass is 10.3. The van der Waals surface area contributed by atoms with Crippen molar-refractivity contribution >= 4 is 15.9 Å². The van der Waals surface area contributed by atoms with Crippen LogP contribution in [0, 0.1) is 0 Å². The number of nitrogens with zero attached hydrogens (tertiary/aromatic N) is 2. The van der Waals surface area contributed by atoms with Crippen LogP contribution in [0.4, 0.5) is 5.69 Å². The van der Waals surface area contributed by atoms with Crippen LogP contribution < -0.4 is 4.72 Å². The maximum Gasteiger partial charge on any atom is 0.323 e. The molecule has 0 aliphatic carbocycles. The number of benzene rings is 1. The molecule has 87 valence electrons. The van der Waals surface area contributed by atoms with E-state index < -0.39 is 10.2 Å². The van der Waals surface area contributed by atoms with Crippen molar-refractivity contribution in [3.05, 3.63) is 30.3 Å². The highest BCUT2D eigenvalue weighted by atomic mass is 32.2. The first-order valence-electron chi connectivity index (χ1n) is 5.04. The average molecular weight is 241 g/mol. The average Bonchev–Trinajstić information content (AvgIpc) is 2.31. The number of hydrogen-bond donors (Lipinski definition) is 0. The third-order valence-electron chi connectivity index (χ3n) is 2.27. The summed E-state index contributed by atoms with van der Waals surface area (Å²) in [7, 11) is -3.56. The van der Waals surface area contributed by atoms with Gasteiger partial charge in [-0.3, -0.25) is 0 Å². The molecular formula is C10H13N2O3S. The second-order valence-electron chi connectivity index (χ2n) is 3.42. The lowest BCUT2D eigenvalue weighted by Gasteiger charge is -2.25. The van der Waals surface area contributed by atoms with E-state index in [-0.39, 0.29) is 0 Å². The van der Waals surface area contributed by atoms with Gasteiger partial charge in [0.15, 0.2) is 0 Å². The second-order valence-corrected chi connectivity index (χ2v) is 5.01. The van der Waals surface area contributed by atoms with Gasteiger partial charge in [-0.05, 0) is 12.1 Å². The molecule has 1 fully saturated rings. The van der Waals surface area contributed by atoms with E-state index in [1.807, 2.05) is 6.07 Å². The summed E-state index contributed by atoms with van der Waals surface area (Å²) >= 11 is 0. The van der Waals surface area contributed by atoms with Crippen molar-refractivity contribution in [3.8, 4) is 0 Å². The Balaban J connectivity index is 2.08. The van der Waals surface area contributed by atoms with Crippen molar-refractivity contribution in [2.24, 2.45) is 0 Å². The zero-order valence-electron chi connectivity index (χ0n) is 8.74. The molecule has 1 heterocycles. The molecule has 0 spiro atoms. The molecule has 16 heavy (non-hydrogen) atoms. The van der Waals surface area contributed by atoms with Crippen LogP contribution in [0.25, 0.3) is 0 Å². The summed E-state index contributed by atoms with van der Waals surface area (Å²) in [4.78, 5) is 0. The van der Waals surface area contributed by atoms with Crippen LogP contribution in [0.2, 0.25) is 0 Å². The van der Waals surface area contributed by atoms with Gasteiger partial charge in [-0.15, -0.1) is 0 Å². The summed E-state index contributed by atoms with van der Waals surface area (Å²) in [5.41, 5.74) is 0.453. The monoisotopic (exact) mass is 241 g/mol. The first-order chi connectivity index (χ1) is 7.68. The van der Waals surface area contributed by atoms with Gasteiger partial charge in [-0.25, -0.2) is 0 Å². The zero-order valence-corrected chi connectivity index (χ0v) is 9.56. The highest BCUT2D eigenvalue weighted by Gasteiger charge is 2.25. The Labute approximate surface area is 95.2 Å². The number of hydrogen-bond acceptors (Lipinski definition) is 3. The highest BCUT2D eigenvalue weighted by Crippen LogP contribution is 2.12. The van der Waals surface area contributed by atoms with Gasteiger partial charge in [0.05, 0.1) is 18.9 Å². The first kappa shape index (κ1) is 11.4. The van der Waals surface area contributed by atoms with Gasteiger partial charge in [-0.1, -0.05) is 18.2 Å². The fraction of sp³-hybridized carbons (Fsp3) is 0.400. The molecular weight excluding hydrogens is 228 g/mol. The zero-order chi connectivity index (χ0) is 11.4. The van der Waals surface area contributed by atoms with E-state index in [2.05, 4.69) is 4.72 Å². The summed E-state index contributed by atoms with van der Waals surface area (Å²) < 4.78 is 33.9. The molecule has 0 bridgehead atoms. The topological polar surface area (TPSA) is 60.7 Å². The summed E-state index contributed by atoms with van der Waals surface area (Å²) in [6.45, 7) is 1.62. The number of ether oxygens (including phenoxy) is 1. The number of rotatable bonds is 3. The van der Waals surface area contributed by atoms with Crippen LogP contribution in [0.5, 0.6) is 0 Å². The van der Waals surface area contributed by atoms with Crippen molar-refractivity contribution in [1.82, 2.24) is 9.03 Å². The van der Waals surface area contributed by atoms with Gasteiger partial charge in [-0.2, -0.15) is 17.4 Å². The number of morpholine rings is 1. The Morgan fingerprint density at radius 2 is 1.75 bits per heavy atom. The first-order valence-corrected chi connectivity index (χ1v) is 6.44. The molecule has 0 N–H and O–H groups in total. The van der Waals surface area contributed by atoms with Crippen molar-refractivity contribution in [2.75, 3.05) is 26.3 Å². The van der Waals surface area contributed by atoms with Crippen molar-refractivity contribution in [1.29, 1.82) is 0 Å². The second kappa shape index (κ2) is 4.82. The quantitative estimate of drug-likeness (QED) is 0.774. The SMILES string of the molecule is O=S(=O)([N]c1ccccc1)N1CCOCC1. The molecule has 6 heteroatoms. The van der Waals surface area contributed by atoms with E-state index in [4.69, 9.17) is 4.74 Å². The van der Waals surface area contributed by atoms with Crippen LogP contribution in [-0.4, -0.2) is 39.0 Å². The molecule has 2 rings (SSSR count). The van der Waals surface area contributed by atoms with Gasteiger partial charge in [0.1, 0.15) is 0 Å². The Hall–Kier alpha value is -1.11. The fourth-order valence-corrected chi connectivity index (χ4v) is 2.57. The van der Waals surface area contributed by atoms with Crippen LogP contribution >= 0.6 is 0 Å². The molecule has 0 unspecified atom stereocenters. The van der Waals surface area contributed by atoms with Gasteiger partial charge in [0, 0.05) is 13.1 Å². The molecule has 1 aliphatic heterocycles. The van der Waals surface area contributed by atoms with Crippen LogP contribution in [-0.2, 0) is 14.9 Å². The van der Waals surface area contributed by atoms with Crippen molar-refractivity contribution in [3.63, 3.8) is 0 Å². The minimum Gasteiger partial charge on any atom is -0.379 e. The normalized spacial score (nSPS) is 18.2. The Kier molecular flexibility index (Phi) is 3.42. The Morgan fingerprint density at radius 3 is 2.38 bits per heavy atom. The molecule has 0 aromatic heterocycles. The molecule has 1 radical (unpaired) electrons. The van der Waals surface area contributed by atoms with E-state index in [0.29, 0.717) is 32.0 Å². The molecule has 1 aromatic carbocycles. The smallest absolute Gasteiger partial charge is 0.323 e. The summed E-state index contributed by atoms with van der Waals surface area (Å²) in [5.74, 6) is 0. The Morgan fingerprint density at radius 1 is 1.12 bits per heavy atom. The lowest BCUT2D eigenvalue weighted by Crippen LogP contribution is -2.43. The Bertz CT molecular complexity index is 427. The van der Waals surface area contributed by atoms with E-state index in [0.717, 1.165) is 0 Å². The minimum absolute atomic E-state index is 0.374. The molecule has 5 nitrogen and oxygen atoms in total. The van der Waals surface area contributed by atoms with E-state index >= 15 is 0 Å². The summed E-state index contributed by atoms with van der Waals surface area (Å²) in [6.07, 6.45) is 0. The van der Waals surface area contributed by atoms with Gasteiger partial charge in [0.2, 0.25) is 0 Å². The summed E-state index contributed by atoms with van der Waals surface area (Å²) in [6, 6.07) is 8.66. The summed E-state index contributed by atoms with van der Waals surface area (Å²) in [5, 5.41) is 0. The third kappa shape index (κ3) is 2.72. The third-order valence-corrected chi connectivity index (χ3v) is 3.73. The van der Waals surface area contributed by atoms with Gasteiger partial charge >= 0.3 is 10.2 Å². The largest absolute Gasteiger partial charge is 0.379 e. The van der Waals surface area contributed by atoms with E-state index in [9.17, 15) is 8.42 Å². The highest BCUT2D eigenvalue weighted by molar-refractivity contribution is 7.87. The van der Waals surface area contributed by atoms with Crippen molar-refractivity contribution in [2.45, 2.75) is 0 Å². The predicted octanol–water partition coefficient (Wildman–Crippen LogP) is 0.500. The molecule has 0 saturated carbocycles. The molecule has 1 saturated heterocycles. The van der Waals surface area contributed by atoms with Crippen LogP contribution in [0.1, 0.15) is 0 Å². The van der Waals surface area contributed by atoms with Gasteiger partial charge in [0.25, 0.3) is 0 Å². The van der Waals surface area contributed by atoms with Crippen molar-refractivity contribution < 1.29 is 13.2 Å². The molecule has 1 aliphatic rings. The maximum atomic E-state index is 11.9. The molecule has 0 amide bonds. The van der Waals surface area contributed by atoms with E-state index in [1.165, 1.54) is 4.31 Å². The predicted molar refractivity (Wildman–Crippen MR) is 59.5 cm³/mol.